The predicted octanol–water partition coefficient (Wildman–Crippen LogP) is 3.32. The van der Waals surface area contributed by atoms with E-state index < -0.39 is 9.05 Å². The minimum absolute atomic E-state index is 0.0756. The van der Waals surface area contributed by atoms with E-state index in [1.165, 1.54) is 25.7 Å². The highest BCUT2D eigenvalue weighted by molar-refractivity contribution is 8.13. The van der Waals surface area contributed by atoms with E-state index in [0.717, 1.165) is 32.3 Å². The molecule has 0 N–H and O–H groups in total. The molecule has 2 aliphatic carbocycles. The fourth-order valence-electron chi connectivity index (χ4n) is 3.44. The molecule has 2 aliphatic rings. The predicted molar refractivity (Wildman–Crippen MR) is 73.3 cm³/mol. The average molecular weight is 295 g/mol. The summed E-state index contributed by atoms with van der Waals surface area (Å²) >= 11 is 0. The van der Waals surface area contributed by atoms with Crippen LogP contribution in [0.15, 0.2) is 0 Å². The van der Waals surface area contributed by atoms with Crippen LogP contribution in [0.5, 0.6) is 0 Å². The van der Waals surface area contributed by atoms with Crippen molar-refractivity contribution in [1.82, 2.24) is 0 Å². The van der Waals surface area contributed by atoms with Gasteiger partial charge in [0.2, 0.25) is 9.05 Å². The van der Waals surface area contributed by atoms with Gasteiger partial charge < -0.3 is 4.74 Å². The Labute approximate surface area is 115 Å². The molecule has 0 atom stereocenters. The highest BCUT2D eigenvalue weighted by Crippen LogP contribution is 2.40. The first-order valence-corrected chi connectivity index (χ1v) is 9.47. The maximum absolute atomic E-state index is 11.3. The molecule has 0 unspecified atom stereocenters. The van der Waals surface area contributed by atoms with Crippen molar-refractivity contribution in [2.45, 2.75) is 51.4 Å². The fraction of sp³-hybridized carbons (Fsp3) is 1.00. The average Bonchev–Trinajstić information content (AvgIpc) is 2.87. The van der Waals surface area contributed by atoms with Gasteiger partial charge in [-0.1, -0.05) is 25.7 Å². The van der Waals surface area contributed by atoms with Gasteiger partial charge in [-0.2, -0.15) is 0 Å². The maximum atomic E-state index is 11.3. The number of hydrogen-bond acceptors (Lipinski definition) is 3. The summed E-state index contributed by atoms with van der Waals surface area (Å²) in [5.41, 5.74) is -0.209. The Balaban J connectivity index is 1.82. The van der Waals surface area contributed by atoms with E-state index >= 15 is 0 Å². The van der Waals surface area contributed by atoms with Crippen molar-refractivity contribution >= 4 is 19.7 Å². The molecule has 2 fully saturated rings. The first-order valence-electron chi connectivity index (χ1n) is 6.99. The molecule has 0 aromatic rings. The van der Waals surface area contributed by atoms with Crippen molar-refractivity contribution in [3.8, 4) is 0 Å². The molecule has 106 valence electrons. The molecule has 0 aromatic heterocycles. The number of ether oxygens (including phenoxy) is 1. The van der Waals surface area contributed by atoms with Crippen molar-refractivity contribution in [3.63, 3.8) is 0 Å². The van der Waals surface area contributed by atoms with Gasteiger partial charge in [-0.15, -0.1) is 0 Å². The smallest absolute Gasteiger partial charge is 0.233 e. The molecule has 0 spiro atoms. The zero-order valence-electron chi connectivity index (χ0n) is 10.9. The summed E-state index contributed by atoms with van der Waals surface area (Å²) in [4.78, 5) is 0. The van der Waals surface area contributed by atoms with E-state index in [4.69, 9.17) is 15.4 Å². The molecule has 0 bridgehead atoms. The molecule has 0 saturated heterocycles. The lowest BCUT2D eigenvalue weighted by atomic mass is 9.90. The van der Waals surface area contributed by atoms with E-state index in [1.54, 1.807) is 0 Å². The Bertz CT molecular complexity index is 354. The fourth-order valence-corrected chi connectivity index (χ4v) is 5.24. The summed E-state index contributed by atoms with van der Waals surface area (Å²) in [6.45, 7) is 1.36. The molecule has 0 radical (unpaired) electrons. The molecule has 0 heterocycles. The van der Waals surface area contributed by atoms with Crippen LogP contribution in [0.1, 0.15) is 51.4 Å². The Kier molecular flexibility index (Phi) is 4.95. The van der Waals surface area contributed by atoms with Gasteiger partial charge in [0.15, 0.2) is 0 Å². The van der Waals surface area contributed by atoms with Crippen LogP contribution < -0.4 is 0 Å². The van der Waals surface area contributed by atoms with E-state index in [1.807, 2.05) is 0 Å². The van der Waals surface area contributed by atoms with E-state index in [9.17, 15) is 8.42 Å². The largest absolute Gasteiger partial charge is 0.381 e. The molecule has 18 heavy (non-hydrogen) atoms. The van der Waals surface area contributed by atoms with Gasteiger partial charge in [0, 0.05) is 22.7 Å². The van der Waals surface area contributed by atoms with Crippen LogP contribution in [0.2, 0.25) is 0 Å². The summed E-state index contributed by atoms with van der Waals surface area (Å²) < 4.78 is 28.5. The van der Waals surface area contributed by atoms with E-state index in [-0.39, 0.29) is 11.2 Å². The molecule has 2 saturated carbocycles. The highest BCUT2D eigenvalue weighted by atomic mass is 35.7. The summed E-state index contributed by atoms with van der Waals surface area (Å²) in [6, 6.07) is 0. The Morgan fingerprint density at radius 1 is 1.11 bits per heavy atom. The van der Waals surface area contributed by atoms with Gasteiger partial charge in [0.1, 0.15) is 0 Å². The van der Waals surface area contributed by atoms with E-state index in [2.05, 4.69) is 0 Å². The van der Waals surface area contributed by atoms with Gasteiger partial charge in [-0.3, -0.25) is 0 Å². The van der Waals surface area contributed by atoms with Crippen molar-refractivity contribution < 1.29 is 13.2 Å². The summed E-state index contributed by atoms with van der Waals surface area (Å²) in [5, 5.41) is 0. The van der Waals surface area contributed by atoms with Crippen molar-refractivity contribution in [2.24, 2.45) is 11.3 Å². The van der Waals surface area contributed by atoms with Crippen LogP contribution in [0, 0.1) is 11.3 Å². The van der Waals surface area contributed by atoms with Crippen LogP contribution in [0.3, 0.4) is 0 Å². The lowest BCUT2D eigenvalue weighted by Gasteiger charge is -2.27. The second kappa shape index (κ2) is 6.10. The Morgan fingerprint density at radius 3 is 2.28 bits per heavy atom. The minimum atomic E-state index is -3.42. The van der Waals surface area contributed by atoms with Gasteiger partial charge in [0.25, 0.3) is 0 Å². The first kappa shape index (κ1) is 14.6. The third-order valence-corrected chi connectivity index (χ3v) is 5.66. The van der Waals surface area contributed by atoms with Crippen LogP contribution in [0.4, 0.5) is 0 Å². The lowest BCUT2D eigenvalue weighted by Crippen LogP contribution is -2.31. The summed E-state index contributed by atoms with van der Waals surface area (Å²) in [6.07, 6.45) is 9.22. The van der Waals surface area contributed by atoms with Gasteiger partial charge in [-0.25, -0.2) is 8.42 Å². The van der Waals surface area contributed by atoms with Crippen LogP contribution in [-0.4, -0.2) is 27.4 Å². The zero-order chi connectivity index (χ0) is 13.1. The van der Waals surface area contributed by atoms with E-state index in [0.29, 0.717) is 12.5 Å². The normalized spacial score (nSPS) is 24.7. The molecule has 3 nitrogen and oxygen atoms in total. The van der Waals surface area contributed by atoms with Gasteiger partial charge >= 0.3 is 0 Å². The van der Waals surface area contributed by atoms with Crippen molar-refractivity contribution in [3.05, 3.63) is 0 Å². The third kappa shape index (κ3) is 4.39. The van der Waals surface area contributed by atoms with Crippen LogP contribution >= 0.6 is 10.7 Å². The summed E-state index contributed by atoms with van der Waals surface area (Å²) in [5.74, 6) is 0.766. The highest BCUT2D eigenvalue weighted by Gasteiger charge is 2.38. The zero-order valence-corrected chi connectivity index (χ0v) is 12.4. The standard InChI is InChI=1S/C13H23ClO3S/c14-18(15,16)11-13(7-3-4-8-13)10-17-9-12-5-1-2-6-12/h12H,1-11H2. The van der Waals surface area contributed by atoms with Crippen LogP contribution in [0.25, 0.3) is 0 Å². The first-order chi connectivity index (χ1) is 8.49. The third-order valence-electron chi connectivity index (χ3n) is 4.38. The number of rotatable bonds is 6. The second-order valence-electron chi connectivity index (χ2n) is 6.06. The quantitative estimate of drug-likeness (QED) is 0.706. The molecule has 0 aliphatic heterocycles. The molecular weight excluding hydrogens is 272 g/mol. The summed E-state index contributed by atoms with van der Waals surface area (Å²) in [7, 11) is 2.00. The van der Waals surface area contributed by atoms with Crippen molar-refractivity contribution in [2.75, 3.05) is 19.0 Å². The van der Waals surface area contributed by atoms with Gasteiger partial charge in [-0.05, 0) is 31.6 Å². The Hall–Kier alpha value is 0.200. The minimum Gasteiger partial charge on any atom is -0.381 e. The Morgan fingerprint density at radius 2 is 1.72 bits per heavy atom. The van der Waals surface area contributed by atoms with Crippen LogP contribution in [-0.2, 0) is 13.8 Å². The van der Waals surface area contributed by atoms with Crippen molar-refractivity contribution in [1.29, 1.82) is 0 Å². The van der Waals surface area contributed by atoms with Gasteiger partial charge in [0.05, 0.1) is 12.4 Å². The molecule has 2 rings (SSSR count). The lowest BCUT2D eigenvalue weighted by molar-refractivity contribution is 0.0379. The molecule has 5 heteroatoms. The number of hydrogen-bond donors (Lipinski definition) is 0. The topological polar surface area (TPSA) is 43.4 Å². The number of halogens is 1. The SMILES string of the molecule is O=S(=O)(Cl)CC1(COCC2CCCC2)CCCC1. The second-order valence-corrected chi connectivity index (χ2v) is 8.83. The molecule has 0 amide bonds. The molecular formula is C13H23ClO3S. The molecule has 0 aromatic carbocycles. The maximum Gasteiger partial charge on any atom is 0.233 e. The monoisotopic (exact) mass is 294 g/mol.